The molecule has 14 heteroatoms. The number of carbonyl (C=O) groups excluding carboxylic acids is 1. The smallest absolute Gasteiger partial charge is 0.338 e. The first-order chi connectivity index (χ1) is 19.5. The average Bonchev–Trinajstić information content (AvgIpc) is 2.92. The molecule has 4 aromatic rings. The zero-order valence-electron chi connectivity index (χ0n) is 22.1. The molecule has 5 N–H and O–H groups in total. The quantitative estimate of drug-likeness (QED) is 0.136. The minimum atomic E-state index is -3.87. The molecule has 5 rings (SSSR count). The number of ether oxygens (including phenoxy) is 2. The van der Waals surface area contributed by atoms with Crippen molar-refractivity contribution in [3.63, 3.8) is 0 Å². The van der Waals surface area contributed by atoms with E-state index in [1.165, 1.54) is 42.1 Å². The van der Waals surface area contributed by atoms with E-state index < -0.39 is 22.3 Å². The van der Waals surface area contributed by atoms with Crippen molar-refractivity contribution >= 4 is 50.8 Å². The van der Waals surface area contributed by atoms with Crippen LogP contribution in [0.4, 0.5) is 5.69 Å². The second kappa shape index (κ2) is 10.9. The molecule has 0 bridgehead atoms. The minimum Gasteiger partial charge on any atom is -0.506 e. The lowest BCUT2D eigenvalue weighted by atomic mass is 10.1. The summed E-state index contributed by atoms with van der Waals surface area (Å²) >= 11 is 6.01. The van der Waals surface area contributed by atoms with Crippen LogP contribution in [0.5, 0.6) is 17.4 Å². The predicted molar refractivity (Wildman–Crippen MR) is 157 cm³/mol. The maximum Gasteiger partial charge on any atom is 0.338 e. The van der Waals surface area contributed by atoms with E-state index >= 15 is 0 Å². The normalized spacial score (nSPS) is 14.6. The lowest BCUT2D eigenvalue weighted by Crippen LogP contribution is -2.37. The van der Waals surface area contributed by atoms with Crippen molar-refractivity contribution in [1.82, 2.24) is 9.66 Å². The maximum atomic E-state index is 13.6. The maximum absolute atomic E-state index is 13.6. The fourth-order valence-electron chi connectivity index (χ4n) is 4.18. The molecule has 0 unspecified atom stereocenters. The number of aromatic hydroxyl groups is 1. The molecular formula is C27H26ClN5O7S. The summed E-state index contributed by atoms with van der Waals surface area (Å²) in [6, 6.07) is 13.8. The Bertz CT molecular complexity index is 1770. The summed E-state index contributed by atoms with van der Waals surface area (Å²) in [5.41, 5.74) is 3.02. The van der Waals surface area contributed by atoms with Gasteiger partial charge < -0.3 is 25.3 Å². The van der Waals surface area contributed by atoms with Gasteiger partial charge >= 0.3 is 5.97 Å². The highest BCUT2D eigenvalue weighted by Gasteiger charge is 2.31. The molecule has 1 aliphatic heterocycles. The van der Waals surface area contributed by atoms with Crippen LogP contribution < -0.4 is 21.0 Å². The third-order valence-electron chi connectivity index (χ3n) is 6.08. The van der Waals surface area contributed by atoms with Crippen LogP contribution in [-0.2, 0) is 4.74 Å². The van der Waals surface area contributed by atoms with Crippen molar-refractivity contribution in [3.05, 3.63) is 81.2 Å². The number of fused-ring (bicyclic) bond motifs is 2. The van der Waals surface area contributed by atoms with Crippen LogP contribution in [-0.4, -0.2) is 49.3 Å². The highest BCUT2D eigenvalue weighted by molar-refractivity contribution is 8.23. The van der Waals surface area contributed by atoms with Crippen molar-refractivity contribution in [1.29, 1.82) is 0 Å². The molecule has 0 saturated carbocycles. The van der Waals surface area contributed by atoms with Gasteiger partial charge in [-0.25, -0.2) is 14.5 Å². The third-order valence-corrected chi connectivity index (χ3v) is 7.64. The van der Waals surface area contributed by atoms with E-state index in [4.69, 9.17) is 21.1 Å². The molecule has 3 heterocycles. The summed E-state index contributed by atoms with van der Waals surface area (Å²) in [5, 5.41) is 14.4. The second-order valence-corrected chi connectivity index (χ2v) is 11.5. The van der Waals surface area contributed by atoms with Gasteiger partial charge in [-0.3, -0.25) is 13.9 Å². The lowest BCUT2D eigenvalue weighted by molar-refractivity contribution is 0.0600. The average molecular weight is 600 g/mol. The number of anilines is 1. The predicted octanol–water partition coefficient (Wildman–Crippen LogP) is 5.43. The first-order valence-electron chi connectivity index (χ1n) is 12.3. The van der Waals surface area contributed by atoms with Gasteiger partial charge in [0.15, 0.2) is 5.84 Å². The van der Waals surface area contributed by atoms with Crippen molar-refractivity contribution in [2.75, 3.05) is 24.4 Å². The minimum absolute atomic E-state index is 0.00945. The summed E-state index contributed by atoms with van der Waals surface area (Å²) in [6.07, 6.45) is 0. The number of hydrogen-bond acceptors (Lipinski definition) is 11. The molecule has 0 aliphatic carbocycles. The number of esters is 1. The van der Waals surface area contributed by atoms with Crippen molar-refractivity contribution < 1.29 is 28.5 Å². The van der Waals surface area contributed by atoms with Crippen LogP contribution in [0.3, 0.4) is 0 Å². The molecule has 0 fully saturated rings. The van der Waals surface area contributed by atoms with Gasteiger partial charge in [-0.2, -0.15) is 0 Å². The van der Waals surface area contributed by atoms with Gasteiger partial charge in [-0.1, -0.05) is 48.4 Å². The van der Waals surface area contributed by atoms with Gasteiger partial charge in [0.25, 0.3) is 5.56 Å². The molecule has 1 aliphatic rings. The number of halogens is 1. The van der Waals surface area contributed by atoms with E-state index in [9.17, 15) is 23.8 Å². The van der Waals surface area contributed by atoms with E-state index in [0.29, 0.717) is 17.4 Å². The highest BCUT2D eigenvalue weighted by atomic mass is 35.5. The number of rotatable bonds is 7. The number of methoxy groups -OCH3 is 1. The molecule has 0 amide bonds. The molecular weight excluding hydrogens is 574 g/mol. The summed E-state index contributed by atoms with van der Waals surface area (Å²) in [5.74, 6) is -0.876. The van der Waals surface area contributed by atoms with Crippen molar-refractivity contribution in [2.45, 2.75) is 18.7 Å². The Kier molecular flexibility index (Phi) is 7.53. The van der Waals surface area contributed by atoms with Gasteiger partial charge in [0.2, 0.25) is 5.88 Å². The summed E-state index contributed by atoms with van der Waals surface area (Å²) in [6.45, 7) is 4.44. The van der Waals surface area contributed by atoms with E-state index in [1.54, 1.807) is 24.3 Å². The molecule has 0 saturated heterocycles. The summed E-state index contributed by atoms with van der Waals surface area (Å²) in [7, 11) is -2.64. The zero-order chi connectivity index (χ0) is 29.5. The molecule has 0 radical (unpaired) electrons. The molecule has 2 aromatic heterocycles. The first-order valence-corrected chi connectivity index (χ1v) is 14.2. The highest BCUT2D eigenvalue weighted by Crippen LogP contribution is 2.56. The number of nitrogens with zero attached hydrogens (tertiary/aromatic N) is 3. The molecule has 41 heavy (non-hydrogen) atoms. The van der Waals surface area contributed by atoms with Crippen LogP contribution in [0.25, 0.3) is 10.9 Å². The lowest BCUT2D eigenvalue weighted by Gasteiger charge is -2.34. The Balaban J connectivity index is 1.54. The van der Waals surface area contributed by atoms with E-state index in [-0.39, 0.29) is 56.0 Å². The molecule has 12 nitrogen and oxygen atoms in total. The monoisotopic (exact) mass is 599 g/mol. The van der Waals surface area contributed by atoms with Gasteiger partial charge in [-0.15, -0.1) is 4.40 Å². The molecule has 0 spiro atoms. The fourth-order valence-corrected chi connectivity index (χ4v) is 5.56. The van der Waals surface area contributed by atoms with E-state index in [0.717, 1.165) is 0 Å². The number of aromatic nitrogens is 2. The molecule has 214 valence electrons. The third kappa shape index (κ3) is 5.52. The van der Waals surface area contributed by atoms with Crippen LogP contribution in [0.15, 0.2) is 68.7 Å². The zero-order valence-corrected chi connectivity index (χ0v) is 23.7. The SMILES string of the molecule is COC(=O)c1cc(Cl)nc(Oc2ccc3c(c2)S(O)(O)N=C(c2c(O)c4ccccc4n(NCC(C)C)c2=O)N3)c1. The van der Waals surface area contributed by atoms with Gasteiger partial charge in [0.05, 0.1) is 23.9 Å². The molecule has 2 aromatic carbocycles. The number of benzene rings is 2. The second-order valence-electron chi connectivity index (χ2n) is 9.49. The van der Waals surface area contributed by atoms with Gasteiger partial charge in [0, 0.05) is 24.1 Å². The number of carbonyl (C=O) groups is 1. The topological polar surface area (TPSA) is 168 Å². The molecule has 0 atom stereocenters. The number of para-hydroxylation sites is 1. The first kappa shape index (κ1) is 28.2. The number of nitrogens with one attached hydrogen (secondary N) is 2. The fraction of sp³-hybridized carbons (Fsp3) is 0.185. The number of hydrogen-bond donors (Lipinski definition) is 5. The van der Waals surface area contributed by atoms with Gasteiger partial charge in [-0.05, 0) is 36.2 Å². The standard InChI is InChI=1S/C27H26ClN5O7S/c1-14(2)13-29-33-19-7-5-4-6-17(19)24(34)23(26(33)35)25-30-18-9-8-16(12-20(18)41(37,38)32-25)40-22-11-15(27(36)39-3)10-21(28)31-22/h4-12,14,29,34,37-38H,13H2,1-3H3,(H,30,32). The summed E-state index contributed by atoms with van der Waals surface area (Å²) in [4.78, 5) is 29.5. The number of amidine groups is 1. The Morgan fingerprint density at radius 2 is 1.93 bits per heavy atom. The van der Waals surface area contributed by atoms with E-state index in [1.807, 2.05) is 13.8 Å². The Morgan fingerprint density at radius 3 is 2.66 bits per heavy atom. The Labute approximate surface area is 240 Å². The Morgan fingerprint density at radius 1 is 1.17 bits per heavy atom. The van der Waals surface area contributed by atoms with E-state index in [2.05, 4.69) is 20.1 Å². The van der Waals surface area contributed by atoms with Crippen molar-refractivity contribution in [3.8, 4) is 17.4 Å². The number of pyridine rings is 2. The summed E-state index contributed by atoms with van der Waals surface area (Å²) < 4.78 is 37.9. The van der Waals surface area contributed by atoms with Crippen LogP contribution >= 0.6 is 22.4 Å². The van der Waals surface area contributed by atoms with Gasteiger partial charge in [0.1, 0.15) is 27.1 Å². The largest absolute Gasteiger partial charge is 0.506 e. The Hall–Kier alpha value is -4.30. The van der Waals surface area contributed by atoms with Crippen LogP contribution in [0, 0.1) is 5.92 Å². The van der Waals surface area contributed by atoms with Crippen molar-refractivity contribution in [2.24, 2.45) is 10.3 Å². The van der Waals surface area contributed by atoms with Crippen LogP contribution in [0.1, 0.15) is 29.8 Å². The van der Waals surface area contributed by atoms with Crippen LogP contribution in [0.2, 0.25) is 5.15 Å².